The maximum absolute atomic E-state index is 12.6. The highest BCUT2D eigenvalue weighted by Gasteiger charge is 2.47. The summed E-state index contributed by atoms with van der Waals surface area (Å²) in [5, 5.41) is 2.99. The molecule has 0 radical (unpaired) electrons. The Bertz CT molecular complexity index is 688. The fourth-order valence-electron chi connectivity index (χ4n) is 4.50. The summed E-state index contributed by atoms with van der Waals surface area (Å²) < 4.78 is 0. The summed E-state index contributed by atoms with van der Waals surface area (Å²) in [5.74, 6) is 0.205. The third kappa shape index (κ3) is 4.17. The van der Waals surface area contributed by atoms with Gasteiger partial charge in [0.25, 0.3) is 0 Å². The van der Waals surface area contributed by atoms with Crippen molar-refractivity contribution in [1.29, 1.82) is 0 Å². The zero-order valence-corrected chi connectivity index (χ0v) is 16.8. The molecule has 1 saturated carbocycles. The van der Waals surface area contributed by atoms with Crippen molar-refractivity contribution < 1.29 is 9.59 Å². The van der Waals surface area contributed by atoms with Gasteiger partial charge in [0.15, 0.2) is 0 Å². The Morgan fingerprint density at radius 1 is 1.30 bits per heavy atom. The second-order valence-corrected chi connectivity index (χ2v) is 9.05. The van der Waals surface area contributed by atoms with Crippen LogP contribution in [-0.2, 0) is 16.0 Å². The fourth-order valence-corrected chi connectivity index (χ4v) is 5.16. The number of hydrogen-bond acceptors (Lipinski definition) is 5. The lowest BCUT2D eigenvalue weighted by atomic mass is 9.84. The van der Waals surface area contributed by atoms with Crippen molar-refractivity contribution in [1.82, 2.24) is 26.1 Å². The number of nitrogens with one attached hydrogen (secondary N) is 3. The summed E-state index contributed by atoms with van der Waals surface area (Å²) >= 11 is 3.70. The normalized spacial score (nSPS) is 33.1. The van der Waals surface area contributed by atoms with Crippen LogP contribution in [0.2, 0.25) is 0 Å². The van der Waals surface area contributed by atoms with E-state index in [1.54, 1.807) is 12.4 Å². The van der Waals surface area contributed by atoms with Crippen molar-refractivity contribution in [3.8, 4) is 0 Å². The van der Waals surface area contributed by atoms with Crippen LogP contribution < -0.4 is 16.2 Å². The zero-order chi connectivity index (χ0) is 18.8. The Labute approximate surface area is 167 Å². The van der Waals surface area contributed by atoms with Gasteiger partial charge in [-0.1, -0.05) is 15.9 Å². The van der Waals surface area contributed by atoms with Crippen molar-refractivity contribution in [3.05, 3.63) is 30.1 Å². The average Bonchev–Trinajstić information content (AvgIpc) is 3.25. The number of pyridine rings is 1. The van der Waals surface area contributed by atoms with Crippen LogP contribution in [0.5, 0.6) is 0 Å². The molecule has 1 aromatic rings. The Morgan fingerprint density at radius 3 is 2.93 bits per heavy atom. The molecule has 1 aliphatic carbocycles. The largest absolute Gasteiger partial charge is 0.355 e. The number of fused-ring (bicyclic) bond motifs is 1. The molecule has 27 heavy (non-hydrogen) atoms. The van der Waals surface area contributed by atoms with Gasteiger partial charge in [0.2, 0.25) is 11.8 Å². The van der Waals surface area contributed by atoms with Crippen molar-refractivity contribution >= 4 is 27.7 Å². The van der Waals surface area contributed by atoms with Crippen molar-refractivity contribution in [2.24, 2.45) is 11.8 Å². The summed E-state index contributed by atoms with van der Waals surface area (Å²) in [4.78, 5) is 31.5. The first kappa shape index (κ1) is 18.8. The molecule has 3 N–H and O–H groups in total. The number of hydrazine groups is 1. The van der Waals surface area contributed by atoms with E-state index in [0.717, 1.165) is 31.2 Å². The van der Waals surface area contributed by atoms with E-state index in [0.29, 0.717) is 36.3 Å². The first-order valence-electron chi connectivity index (χ1n) is 9.73. The molecular weight excluding hydrogens is 410 g/mol. The standard InChI is InChI=1S/C19H26BrN5O2/c20-14-1-2-15-16(10-14)23-24-18(15)25-11-13(9-17(25)26)19(27)22-8-5-12-3-6-21-7-4-12/h3-4,6-7,13-16,18,23-24H,1-2,5,8-11H2,(H,22,27). The monoisotopic (exact) mass is 435 g/mol. The number of likely N-dealkylation sites (tertiary alicyclic amines) is 1. The maximum atomic E-state index is 12.6. The predicted molar refractivity (Wildman–Crippen MR) is 105 cm³/mol. The molecule has 1 aromatic heterocycles. The number of hydrogen-bond donors (Lipinski definition) is 3. The van der Waals surface area contributed by atoms with Gasteiger partial charge in [-0.2, -0.15) is 0 Å². The summed E-state index contributed by atoms with van der Waals surface area (Å²) in [7, 11) is 0. The Balaban J connectivity index is 1.29. The molecule has 3 aliphatic rings. The van der Waals surface area contributed by atoms with Gasteiger partial charge in [-0.05, 0) is 43.4 Å². The summed E-state index contributed by atoms with van der Waals surface area (Å²) in [6.45, 7) is 1.08. The first-order valence-corrected chi connectivity index (χ1v) is 10.6. The Morgan fingerprint density at radius 2 is 2.11 bits per heavy atom. The molecule has 3 fully saturated rings. The Hall–Kier alpha value is -1.51. The highest BCUT2D eigenvalue weighted by Crippen LogP contribution is 2.36. The molecule has 2 amide bonds. The lowest BCUT2D eigenvalue weighted by Crippen LogP contribution is -2.48. The number of carbonyl (C=O) groups is 2. The van der Waals surface area contributed by atoms with Crippen LogP contribution in [0.15, 0.2) is 24.5 Å². The number of carbonyl (C=O) groups excluding carboxylic acids is 2. The number of nitrogens with zero attached hydrogens (tertiary/aromatic N) is 2. The van der Waals surface area contributed by atoms with Gasteiger partial charge in [0.05, 0.1) is 12.1 Å². The number of amides is 2. The fraction of sp³-hybridized carbons (Fsp3) is 0.632. The van der Waals surface area contributed by atoms with E-state index in [-0.39, 0.29) is 23.9 Å². The van der Waals surface area contributed by atoms with Gasteiger partial charge < -0.3 is 10.2 Å². The molecule has 2 saturated heterocycles. The molecule has 4 rings (SSSR count). The van der Waals surface area contributed by atoms with Crippen molar-refractivity contribution in [3.63, 3.8) is 0 Å². The minimum Gasteiger partial charge on any atom is -0.355 e. The van der Waals surface area contributed by atoms with Crippen LogP contribution in [0.1, 0.15) is 31.2 Å². The van der Waals surface area contributed by atoms with E-state index in [4.69, 9.17) is 0 Å². The molecule has 2 aliphatic heterocycles. The minimum atomic E-state index is -0.261. The topological polar surface area (TPSA) is 86.4 Å². The lowest BCUT2D eigenvalue weighted by molar-refractivity contribution is -0.131. The van der Waals surface area contributed by atoms with Gasteiger partial charge in [-0.15, -0.1) is 0 Å². The minimum absolute atomic E-state index is 0.00267. The first-order chi connectivity index (χ1) is 13.1. The van der Waals surface area contributed by atoms with E-state index in [1.807, 2.05) is 17.0 Å². The van der Waals surface area contributed by atoms with Crippen LogP contribution in [0.4, 0.5) is 0 Å². The number of aromatic nitrogens is 1. The average molecular weight is 436 g/mol. The highest BCUT2D eigenvalue weighted by atomic mass is 79.9. The highest BCUT2D eigenvalue weighted by molar-refractivity contribution is 9.09. The summed E-state index contributed by atoms with van der Waals surface area (Å²) in [5.41, 5.74) is 7.81. The Kier molecular flexibility index (Phi) is 5.75. The molecule has 0 spiro atoms. The van der Waals surface area contributed by atoms with Gasteiger partial charge in [0.1, 0.15) is 0 Å². The third-order valence-electron chi connectivity index (χ3n) is 5.99. The quantitative estimate of drug-likeness (QED) is 0.599. The molecule has 5 atom stereocenters. The van der Waals surface area contributed by atoms with Crippen LogP contribution in [0, 0.1) is 11.8 Å². The third-order valence-corrected chi connectivity index (χ3v) is 6.82. The van der Waals surface area contributed by atoms with Gasteiger partial charge in [0, 0.05) is 48.7 Å². The maximum Gasteiger partial charge on any atom is 0.225 e. The lowest BCUT2D eigenvalue weighted by Gasteiger charge is -2.34. The number of halogens is 1. The molecule has 8 heteroatoms. The summed E-state index contributed by atoms with van der Waals surface area (Å²) in [6, 6.07) is 4.28. The SMILES string of the molecule is O=C(NCCc1ccncc1)C1CC(=O)N(C2NNC3CC(Br)CCC32)C1. The van der Waals surface area contributed by atoms with Crippen molar-refractivity contribution in [2.45, 2.75) is 49.1 Å². The predicted octanol–water partition coefficient (Wildman–Crippen LogP) is 0.955. The summed E-state index contributed by atoms with van der Waals surface area (Å²) in [6.07, 6.45) is 7.85. The van der Waals surface area contributed by atoms with Gasteiger partial charge >= 0.3 is 0 Å². The molecule has 0 aromatic carbocycles. The van der Waals surface area contributed by atoms with E-state index in [9.17, 15) is 9.59 Å². The second-order valence-electron chi connectivity index (χ2n) is 7.76. The second kappa shape index (κ2) is 8.24. The smallest absolute Gasteiger partial charge is 0.225 e. The van der Waals surface area contributed by atoms with E-state index in [1.165, 1.54) is 0 Å². The zero-order valence-electron chi connectivity index (χ0n) is 15.2. The molecule has 7 nitrogen and oxygen atoms in total. The van der Waals surface area contributed by atoms with Crippen LogP contribution in [0.25, 0.3) is 0 Å². The molecule has 146 valence electrons. The number of rotatable bonds is 5. The van der Waals surface area contributed by atoms with Crippen LogP contribution >= 0.6 is 15.9 Å². The van der Waals surface area contributed by atoms with E-state index in [2.05, 4.69) is 37.1 Å². The molecular formula is C19H26BrN5O2. The van der Waals surface area contributed by atoms with E-state index >= 15 is 0 Å². The van der Waals surface area contributed by atoms with Crippen LogP contribution in [0.3, 0.4) is 0 Å². The van der Waals surface area contributed by atoms with E-state index < -0.39 is 0 Å². The molecule has 5 unspecified atom stereocenters. The van der Waals surface area contributed by atoms with Crippen LogP contribution in [-0.4, -0.2) is 51.8 Å². The molecule has 0 bridgehead atoms. The van der Waals surface area contributed by atoms with Gasteiger partial charge in [-0.25, -0.2) is 5.43 Å². The number of alkyl halides is 1. The van der Waals surface area contributed by atoms with Gasteiger partial charge in [-0.3, -0.25) is 20.0 Å². The molecule has 3 heterocycles. The van der Waals surface area contributed by atoms with Crippen molar-refractivity contribution in [2.75, 3.05) is 13.1 Å².